The molecule has 3 aromatic rings. The van der Waals surface area contributed by atoms with Crippen LogP contribution >= 0.6 is 23.2 Å². The van der Waals surface area contributed by atoms with Crippen LogP contribution in [0.3, 0.4) is 0 Å². The number of ether oxygens (including phenoxy) is 1. The number of hydrogen-bond donors (Lipinski definition) is 0. The number of carbonyl (C=O) groups excluding carboxylic acids is 1. The molecule has 5 nitrogen and oxygen atoms in total. The third-order valence-electron chi connectivity index (χ3n) is 7.99. The predicted molar refractivity (Wildman–Crippen MR) is 162 cm³/mol. The lowest BCUT2D eigenvalue weighted by Gasteiger charge is -2.19. The molecule has 6 rings (SSSR count). The van der Waals surface area contributed by atoms with Crippen LogP contribution in [0.2, 0.25) is 10.0 Å². The van der Waals surface area contributed by atoms with Crippen LogP contribution in [0.15, 0.2) is 65.8 Å². The number of benzene rings is 3. The SMILES string of the molecule is O=C1CC(c2ccc3c(c2)CCCC(c2ccc(Cl)cc2Cl)=C3c2ccc(OC3CCN(CCCF)C3)cc2)=NO1. The van der Waals surface area contributed by atoms with Crippen molar-refractivity contribution in [3.8, 4) is 5.75 Å². The fourth-order valence-electron chi connectivity index (χ4n) is 6.03. The molecule has 0 aromatic heterocycles. The number of aryl methyl sites for hydroxylation is 1. The first-order valence-electron chi connectivity index (χ1n) is 14.1. The second-order valence-electron chi connectivity index (χ2n) is 10.8. The van der Waals surface area contributed by atoms with Crippen molar-refractivity contribution < 1.29 is 18.8 Å². The van der Waals surface area contributed by atoms with Crippen molar-refractivity contribution in [2.24, 2.45) is 5.16 Å². The Labute approximate surface area is 249 Å². The fourth-order valence-corrected chi connectivity index (χ4v) is 6.56. The van der Waals surface area contributed by atoms with Crippen LogP contribution in [-0.4, -0.2) is 49.0 Å². The van der Waals surface area contributed by atoms with Crippen LogP contribution in [0.5, 0.6) is 5.75 Å². The van der Waals surface area contributed by atoms with Crippen molar-refractivity contribution in [1.82, 2.24) is 4.90 Å². The van der Waals surface area contributed by atoms with Crippen LogP contribution < -0.4 is 4.74 Å². The summed E-state index contributed by atoms with van der Waals surface area (Å²) in [5, 5.41) is 5.21. The van der Waals surface area contributed by atoms with E-state index in [1.165, 1.54) is 11.1 Å². The van der Waals surface area contributed by atoms with E-state index in [2.05, 4.69) is 34.3 Å². The van der Waals surface area contributed by atoms with Crippen LogP contribution in [0.4, 0.5) is 4.39 Å². The van der Waals surface area contributed by atoms with Gasteiger partial charge in [0.15, 0.2) is 0 Å². The van der Waals surface area contributed by atoms with Gasteiger partial charge in [0, 0.05) is 35.2 Å². The van der Waals surface area contributed by atoms with Gasteiger partial charge < -0.3 is 9.57 Å². The van der Waals surface area contributed by atoms with Gasteiger partial charge in [-0.1, -0.05) is 58.7 Å². The number of likely N-dealkylation sites (tertiary alicyclic amines) is 1. The van der Waals surface area contributed by atoms with Gasteiger partial charge in [0.2, 0.25) is 0 Å². The molecule has 8 heteroatoms. The predicted octanol–water partition coefficient (Wildman–Crippen LogP) is 7.75. The van der Waals surface area contributed by atoms with E-state index < -0.39 is 0 Å². The van der Waals surface area contributed by atoms with Crippen LogP contribution in [-0.2, 0) is 16.1 Å². The summed E-state index contributed by atoms with van der Waals surface area (Å²) < 4.78 is 18.9. The van der Waals surface area contributed by atoms with E-state index in [1.54, 1.807) is 6.07 Å². The molecule has 3 aliphatic rings. The second-order valence-corrected chi connectivity index (χ2v) is 11.6. The van der Waals surface area contributed by atoms with E-state index in [1.807, 2.05) is 30.3 Å². The summed E-state index contributed by atoms with van der Waals surface area (Å²) in [6.07, 6.45) is 4.47. The Kier molecular flexibility index (Phi) is 8.42. The van der Waals surface area contributed by atoms with Crippen molar-refractivity contribution in [3.05, 3.63) is 98.5 Å². The summed E-state index contributed by atoms with van der Waals surface area (Å²) in [5.41, 5.74) is 8.23. The maximum atomic E-state index is 12.6. The third-order valence-corrected chi connectivity index (χ3v) is 8.54. The molecule has 0 saturated carbocycles. The molecule has 1 fully saturated rings. The quantitative estimate of drug-likeness (QED) is 0.251. The Hall–Kier alpha value is -3.19. The molecule has 2 aliphatic heterocycles. The fraction of sp³-hybridized carbons (Fsp3) is 0.333. The summed E-state index contributed by atoms with van der Waals surface area (Å²) in [6.45, 7) is 2.25. The Balaban J connectivity index is 1.36. The molecule has 0 N–H and O–H groups in total. The number of halogens is 3. The maximum absolute atomic E-state index is 12.6. The molecular weight excluding hydrogens is 562 g/mol. The highest BCUT2D eigenvalue weighted by Gasteiger charge is 2.26. The van der Waals surface area contributed by atoms with Gasteiger partial charge in [-0.25, -0.2) is 4.79 Å². The van der Waals surface area contributed by atoms with Gasteiger partial charge in [-0.15, -0.1) is 0 Å². The van der Waals surface area contributed by atoms with Crippen LogP contribution in [0.1, 0.15) is 59.9 Å². The van der Waals surface area contributed by atoms with Gasteiger partial charge in [-0.2, -0.15) is 0 Å². The summed E-state index contributed by atoms with van der Waals surface area (Å²) in [5.74, 6) is 0.494. The number of allylic oxidation sites excluding steroid dienone is 1. The number of rotatable bonds is 8. The van der Waals surface area contributed by atoms with E-state index >= 15 is 0 Å². The van der Waals surface area contributed by atoms with E-state index in [0.29, 0.717) is 22.2 Å². The minimum Gasteiger partial charge on any atom is -0.489 e. The highest BCUT2D eigenvalue weighted by molar-refractivity contribution is 6.36. The number of nitrogens with zero attached hydrogens (tertiary/aromatic N) is 2. The number of fused-ring (bicyclic) bond motifs is 1. The normalized spacial score (nSPS) is 19.1. The summed E-state index contributed by atoms with van der Waals surface area (Å²) in [7, 11) is 0. The van der Waals surface area contributed by atoms with Crippen LogP contribution in [0.25, 0.3) is 11.1 Å². The highest BCUT2D eigenvalue weighted by Crippen LogP contribution is 2.43. The van der Waals surface area contributed by atoms with Crippen molar-refractivity contribution in [3.63, 3.8) is 0 Å². The van der Waals surface area contributed by atoms with Gasteiger partial charge >= 0.3 is 5.97 Å². The largest absolute Gasteiger partial charge is 0.489 e. The smallest absolute Gasteiger partial charge is 0.341 e. The molecule has 0 amide bonds. The van der Waals surface area contributed by atoms with Gasteiger partial charge in [0.25, 0.3) is 0 Å². The van der Waals surface area contributed by atoms with E-state index in [-0.39, 0.29) is 25.2 Å². The average molecular weight is 594 g/mol. The van der Waals surface area contributed by atoms with E-state index in [0.717, 1.165) is 78.9 Å². The molecule has 2 heterocycles. The number of carbonyl (C=O) groups is 1. The maximum Gasteiger partial charge on any atom is 0.341 e. The zero-order valence-corrected chi connectivity index (χ0v) is 24.2. The van der Waals surface area contributed by atoms with Crippen LogP contribution in [0, 0.1) is 0 Å². The number of hydrogen-bond acceptors (Lipinski definition) is 5. The standard InChI is InChI=1S/C33H31Cl2FN2O3/c34-24-8-12-28(30(35)18-24)29-4-1-3-22-17-23(31-19-32(39)41-37-31)7-11-27(22)33(29)21-5-9-25(10-6-21)40-26-13-16-38(20-26)15-2-14-36/h5-12,17-18,26H,1-4,13-16,19-20H2. The number of oxime groups is 1. The Bertz CT molecular complexity index is 1520. The first-order valence-corrected chi connectivity index (χ1v) is 14.9. The summed E-state index contributed by atoms with van der Waals surface area (Å²) >= 11 is 13.0. The highest BCUT2D eigenvalue weighted by atomic mass is 35.5. The second kappa shape index (κ2) is 12.4. The molecule has 3 aromatic carbocycles. The topological polar surface area (TPSA) is 51.1 Å². The minimum atomic E-state index is -0.331. The third kappa shape index (κ3) is 6.20. The summed E-state index contributed by atoms with van der Waals surface area (Å²) in [6, 6.07) is 20.2. The zero-order valence-electron chi connectivity index (χ0n) is 22.7. The Morgan fingerprint density at radius 3 is 2.56 bits per heavy atom. The van der Waals surface area contributed by atoms with Crippen molar-refractivity contribution >= 4 is 46.0 Å². The molecule has 1 atom stereocenters. The molecular formula is C33H31Cl2FN2O3. The lowest BCUT2D eigenvalue weighted by Crippen LogP contribution is -2.26. The molecule has 1 unspecified atom stereocenters. The monoisotopic (exact) mass is 592 g/mol. The molecule has 1 saturated heterocycles. The molecule has 0 spiro atoms. The molecule has 212 valence electrons. The zero-order chi connectivity index (χ0) is 28.3. The molecule has 0 bridgehead atoms. The summed E-state index contributed by atoms with van der Waals surface area (Å²) in [4.78, 5) is 18.8. The van der Waals surface area contributed by atoms with E-state index in [9.17, 15) is 9.18 Å². The first kappa shape index (κ1) is 28.0. The van der Waals surface area contributed by atoms with Gasteiger partial charge in [0.05, 0.1) is 18.8 Å². The molecule has 41 heavy (non-hydrogen) atoms. The average Bonchev–Trinajstić information content (AvgIpc) is 3.56. The van der Waals surface area contributed by atoms with Gasteiger partial charge in [-0.3, -0.25) is 9.29 Å². The van der Waals surface area contributed by atoms with Crippen molar-refractivity contribution in [2.45, 2.75) is 44.6 Å². The molecule has 0 radical (unpaired) electrons. The Morgan fingerprint density at radius 2 is 1.80 bits per heavy atom. The van der Waals surface area contributed by atoms with Crippen molar-refractivity contribution in [2.75, 3.05) is 26.3 Å². The van der Waals surface area contributed by atoms with Gasteiger partial charge in [-0.05, 0) is 95.8 Å². The Morgan fingerprint density at radius 1 is 1.00 bits per heavy atom. The molecule has 1 aliphatic carbocycles. The first-order chi connectivity index (χ1) is 20.0. The lowest BCUT2D eigenvalue weighted by molar-refractivity contribution is -0.140. The lowest BCUT2D eigenvalue weighted by atomic mass is 9.87. The van der Waals surface area contributed by atoms with E-state index in [4.69, 9.17) is 32.8 Å². The minimum absolute atomic E-state index is 0.106. The number of alkyl halides is 1. The van der Waals surface area contributed by atoms with Crippen molar-refractivity contribution in [1.29, 1.82) is 0 Å². The van der Waals surface area contributed by atoms with Gasteiger partial charge in [0.1, 0.15) is 11.9 Å².